The normalized spacial score (nSPS) is 11.4. The third kappa shape index (κ3) is 6.19. The van der Waals surface area contributed by atoms with E-state index in [2.05, 4.69) is 15.6 Å². The van der Waals surface area contributed by atoms with Crippen LogP contribution < -0.4 is 15.5 Å². The van der Waals surface area contributed by atoms with Gasteiger partial charge in [0, 0.05) is 44.3 Å². The van der Waals surface area contributed by atoms with Crippen molar-refractivity contribution in [3.8, 4) is 0 Å². The van der Waals surface area contributed by atoms with E-state index in [9.17, 15) is 14.4 Å². The number of anilines is 2. The minimum atomic E-state index is -0.790. The first kappa shape index (κ1) is 23.5. The van der Waals surface area contributed by atoms with Gasteiger partial charge in [-0.3, -0.25) is 14.5 Å². The van der Waals surface area contributed by atoms with Gasteiger partial charge in [0.2, 0.25) is 0 Å². The summed E-state index contributed by atoms with van der Waals surface area (Å²) < 4.78 is 6.83. The summed E-state index contributed by atoms with van der Waals surface area (Å²) in [5.41, 5.74) is 1.89. The molecule has 1 unspecified atom stereocenters. The van der Waals surface area contributed by atoms with E-state index in [1.165, 1.54) is 4.90 Å². The number of imidazole rings is 1. The predicted octanol–water partition coefficient (Wildman–Crippen LogP) is 3.05. The van der Waals surface area contributed by atoms with Crippen LogP contribution in [-0.4, -0.2) is 41.1 Å². The molecule has 3 rings (SSSR count). The third-order valence-corrected chi connectivity index (χ3v) is 5.08. The molecule has 3 aromatic rings. The van der Waals surface area contributed by atoms with Crippen molar-refractivity contribution in [1.29, 1.82) is 0 Å². The van der Waals surface area contributed by atoms with E-state index >= 15 is 0 Å². The molecule has 0 aliphatic heterocycles. The minimum Gasteiger partial charge on any atom is -0.449 e. The van der Waals surface area contributed by atoms with Gasteiger partial charge in [-0.15, -0.1) is 0 Å². The molecule has 0 bridgehead atoms. The summed E-state index contributed by atoms with van der Waals surface area (Å²) in [6.07, 6.45) is 3.47. The number of ether oxygens (including phenoxy) is 1. The Morgan fingerprint density at radius 2 is 1.76 bits per heavy atom. The van der Waals surface area contributed by atoms with Crippen LogP contribution in [0.4, 0.5) is 16.2 Å². The van der Waals surface area contributed by atoms with Crippen LogP contribution in [0.5, 0.6) is 0 Å². The van der Waals surface area contributed by atoms with E-state index in [1.54, 1.807) is 44.4 Å². The van der Waals surface area contributed by atoms with Gasteiger partial charge in [-0.1, -0.05) is 30.3 Å². The van der Waals surface area contributed by atoms with Gasteiger partial charge in [-0.2, -0.15) is 0 Å². The SMILES string of the molecule is CCOC(=O)N(C)c1ccc(NC(=O)C(=O)NC(Cc2nccn2C)c2ccccc2)cc1. The Hall–Kier alpha value is -4.14. The number of nitrogens with zero attached hydrogens (tertiary/aromatic N) is 3. The standard InChI is InChI=1S/C24H27N5O4/c1-4-33-24(32)29(3)19-12-10-18(11-13-19)26-22(30)23(31)27-20(17-8-6-5-7-9-17)16-21-25-14-15-28(21)2/h5-15,20H,4,16H2,1-3H3,(H,26,30)(H,27,31). The monoisotopic (exact) mass is 449 g/mol. The summed E-state index contributed by atoms with van der Waals surface area (Å²) >= 11 is 0. The van der Waals surface area contributed by atoms with Gasteiger partial charge in [0.15, 0.2) is 0 Å². The lowest BCUT2D eigenvalue weighted by Gasteiger charge is -2.19. The summed E-state index contributed by atoms with van der Waals surface area (Å²) in [5.74, 6) is -0.765. The molecule has 3 amide bonds. The first-order chi connectivity index (χ1) is 15.9. The Morgan fingerprint density at radius 1 is 1.06 bits per heavy atom. The topological polar surface area (TPSA) is 106 Å². The van der Waals surface area contributed by atoms with Crippen molar-refractivity contribution >= 4 is 29.3 Å². The fourth-order valence-electron chi connectivity index (χ4n) is 3.22. The third-order valence-electron chi connectivity index (χ3n) is 5.08. The Bertz CT molecular complexity index is 1100. The van der Waals surface area contributed by atoms with Crippen molar-refractivity contribution in [2.45, 2.75) is 19.4 Å². The molecule has 1 atom stereocenters. The second kappa shape index (κ2) is 10.9. The molecule has 2 N–H and O–H groups in total. The van der Waals surface area contributed by atoms with Crippen LogP contribution in [-0.2, 0) is 27.8 Å². The van der Waals surface area contributed by atoms with E-state index < -0.39 is 23.9 Å². The fourth-order valence-corrected chi connectivity index (χ4v) is 3.22. The maximum absolute atomic E-state index is 12.7. The number of carbonyl (C=O) groups is 3. The number of hydrogen-bond donors (Lipinski definition) is 2. The van der Waals surface area contributed by atoms with Crippen LogP contribution in [0.2, 0.25) is 0 Å². The molecular formula is C24H27N5O4. The van der Waals surface area contributed by atoms with E-state index in [1.807, 2.05) is 48.1 Å². The molecule has 0 saturated heterocycles. The minimum absolute atomic E-state index is 0.274. The number of amides is 3. The van der Waals surface area contributed by atoms with Crippen LogP contribution in [0.15, 0.2) is 67.0 Å². The highest BCUT2D eigenvalue weighted by Gasteiger charge is 2.22. The molecule has 0 saturated carbocycles. The summed E-state index contributed by atoms with van der Waals surface area (Å²) in [5, 5.41) is 5.39. The predicted molar refractivity (Wildman–Crippen MR) is 125 cm³/mol. The summed E-state index contributed by atoms with van der Waals surface area (Å²) in [6, 6.07) is 15.5. The van der Waals surface area contributed by atoms with Crippen LogP contribution in [0.1, 0.15) is 24.4 Å². The lowest BCUT2D eigenvalue weighted by molar-refractivity contribution is -0.136. The Labute approximate surface area is 192 Å². The largest absolute Gasteiger partial charge is 0.449 e. The van der Waals surface area contributed by atoms with Crippen molar-refractivity contribution in [3.05, 3.63) is 78.4 Å². The fraction of sp³-hybridized carbons (Fsp3) is 0.250. The molecule has 0 fully saturated rings. The Kier molecular flexibility index (Phi) is 7.80. The highest BCUT2D eigenvalue weighted by Crippen LogP contribution is 2.19. The molecule has 172 valence electrons. The van der Waals surface area contributed by atoms with Crippen LogP contribution >= 0.6 is 0 Å². The number of rotatable bonds is 7. The van der Waals surface area contributed by atoms with Crippen molar-refractivity contribution < 1.29 is 19.1 Å². The van der Waals surface area contributed by atoms with Crippen molar-refractivity contribution in [2.75, 3.05) is 23.9 Å². The van der Waals surface area contributed by atoms with Gasteiger partial charge in [0.05, 0.1) is 12.6 Å². The van der Waals surface area contributed by atoms with Crippen LogP contribution in [0.25, 0.3) is 0 Å². The lowest BCUT2D eigenvalue weighted by atomic mass is 10.0. The Morgan fingerprint density at radius 3 is 2.36 bits per heavy atom. The average molecular weight is 450 g/mol. The number of aryl methyl sites for hydroxylation is 1. The average Bonchev–Trinajstić information content (AvgIpc) is 3.23. The number of aromatic nitrogens is 2. The molecule has 2 aromatic carbocycles. The van der Waals surface area contributed by atoms with E-state index in [0.29, 0.717) is 17.8 Å². The molecule has 1 aromatic heterocycles. The molecule has 0 aliphatic carbocycles. The van der Waals surface area contributed by atoms with Gasteiger partial charge in [-0.05, 0) is 36.8 Å². The number of nitrogens with one attached hydrogen (secondary N) is 2. The van der Waals surface area contributed by atoms with Gasteiger partial charge in [0.25, 0.3) is 0 Å². The van der Waals surface area contributed by atoms with Gasteiger partial charge in [-0.25, -0.2) is 9.78 Å². The van der Waals surface area contributed by atoms with Gasteiger partial charge < -0.3 is 19.9 Å². The molecule has 9 nitrogen and oxygen atoms in total. The molecule has 33 heavy (non-hydrogen) atoms. The van der Waals surface area contributed by atoms with E-state index in [4.69, 9.17) is 4.74 Å². The van der Waals surface area contributed by atoms with E-state index in [-0.39, 0.29) is 6.61 Å². The summed E-state index contributed by atoms with van der Waals surface area (Å²) in [6.45, 7) is 2.00. The summed E-state index contributed by atoms with van der Waals surface area (Å²) in [7, 11) is 3.46. The summed E-state index contributed by atoms with van der Waals surface area (Å²) in [4.78, 5) is 42.7. The van der Waals surface area contributed by atoms with Crippen LogP contribution in [0, 0.1) is 0 Å². The highest BCUT2D eigenvalue weighted by molar-refractivity contribution is 6.39. The Balaban J connectivity index is 1.66. The zero-order valence-electron chi connectivity index (χ0n) is 18.8. The molecular weight excluding hydrogens is 422 g/mol. The number of hydrogen-bond acceptors (Lipinski definition) is 5. The smallest absolute Gasteiger partial charge is 0.413 e. The zero-order chi connectivity index (χ0) is 23.8. The second-order valence-electron chi connectivity index (χ2n) is 7.35. The number of benzene rings is 2. The maximum atomic E-state index is 12.7. The van der Waals surface area contributed by atoms with Crippen molar-refractivity contribution in [1.82, 2.24) is 14.9 Å². The van der Waals surface area contributed by atoms with Gasteiger partial charge in [0.1, 0.15) is 5.82 Å². The molecule has 0 radical (unpaired) electrons. The molecule has 1 heterocycles. The molecule has 0 aliphatic rings. The van der Waals surface area contributed by atoms with Crippen molar-refractivity contribution in [3.63, 3.8) is 0 Å². The second-order valence-corrected chi connectivity index (χ2v) is 7.35. The maximum Gasteiger partial charge on any atom is 0.413 e. The highest BCUT2D eigenvalue weighted by atomic mass is 16.6. The molecule has 0 spiro atoms. The lowest BCUT2D eigenvalue weighted by Crippen LogP contribution is -2.38. The first-order valence-corrected chi connectivity index (χ1v) is 10.5. The van der Waals surface area contributed by atoms with Crippen molar-refractivity contribution in [2.24, 2.45) is 7.05 Å². The number of carbonyl (C=O) groups excluding carboxylic acids is 3. The quantitative estimate of drug-likeness (QED) is 0.540. The van der Waals surface area contributed by atoms with E-state index in [0.717, 1.165) is 11.4 Å². The first-order valence-electron chi connectivity index (χ1n) is 10.5. The van der Waals surface area contributed by atoms with Gasteiger partial charge >= 0.3 is 17.9 Å². The zero-order valence-corrected chi connectivity index (χ0v) is 18.8. The molecule has 9 heteroatoms. The van der Waals surface area contributed by atoms with Crippen LogP contribution in [0.3, 0.4) is 0 Å².